The number of esters is 2. The largest absolute Gasteiger partial charge is 0.468 e. The van der Waals surface area contributed by atoms with Crippen LogP contribution >= 0.6 is 12.4 Å². The third-order valence-electron chi connectivity index (χ3n) is 1.79. The summed E-state index contributed by atoms with van der Waals surface area (Å²) >= 11 is 0. The van der Waals surface area contributed by atoms with E-state index in [1.807, 2.05) is 0 Å². The molecule has 0 aliphatic carbocycles. The summed E-state index contributed by atoms with van der Waals surface area (Å²) in [6, 6.07) is -0.982. The second-order valence-corrected chi connectivity index (χ2v) is 4.37. The molecule has 2 atom stereocenters. The van der Waals surface area contributed by atoms with Crippen LogP contribution in [0.5, 0.6) is 0 Å². The molecule has 0 amide bonds. The van der Waals surface area contributed by atoms with Crippen LogP contribution in [0.1, 0.15) is 27.7 Å². The zero-order chi connectivity index (χ0) is 12.2. The monoisotopic (exact) mass is 253 g/mol. The molecule has 0 aliphatic heterocycles. The summed E-state index contributed by atoms with van der Waals surface area (Å²) in [5.41, 5.74) is 4.93. The van der Waals surface area contributed by atoms with E-state index in [2.05, 4.69) is 4.74 Å². The van der Waals surface area contributed by atoms with Crippen LogP contribution in [0.2, 0.25) is 0 Å². The molecule has 5 nitrogen and oxygen atoms in total. The van der Waals surface area contributed by atoms with Crippen molar-refractivity contribution in [1.29, 1.82) is 0 Å². The second-order valence-electron chi connectivity index (χ2n) is 4.37. The van der Waals surface area contributed by atoms with E-state index in [1.54, 1.807) is 20.8 Å². The van der Waals surface area contributed by atoms with E-state index in [1.165, 1.54) is 14.0 Å². The molecule has 0 saturated carbocycles. The lowest BCUT2D eigenvalue weighted by molar-refractivity contribution is -0.163. The number of carbonyl (C=O) groups excluding carboxylic acids is 2. The molecule has 6 heteroatoms. The number of rotatable bonds is 3. The van der Waals surface area contributed by atoms with Crippen molar-refractivity contribution in [3.05, 3.63) is 0 Å². The molecule has 0 aromatic carbocycles. The zero-order valence-corrected chi connectivity index (χ0v) is 11.1. The molecule has 0 aliphatic rings. The van der Waals surface area contributed by atoms with Gasteiger partial charge in [-0.05, 0) is 27.7 Å². The number of halogens is 1. The maximum atomic E-state index is 11.5. The first-order chi connectivity index (χ1) is 6.69. The van der Waals surface area contributed by atoms with Gasteiger partial charge in [-0.15, -0.1) is 12.4 Å². The number of nitrogens with two attached hydrogens (primary N) is 1. The fourth-order valence-electron chi connectivity index (χ4n) is 0.882. The Bertz CT molecular complexity index is 250. The minimum Gasteiger partial charge on any atom is -0.468 e. The standard InChI is InChI=1S/C10H19NO4.ClH/c1-6(7(11)9(13)14-5)8(12)15-10(2,3)4;/h6-7H,11H2,1-5H3;1H/t6-,7+;/m1./s1. The molecule has 16 heavy (non-hydrogen) atoms. The number of methoxy groups -OCH3 is 1. The summed E-state index contributed by atoms with van der Waals surface area (Å²) in [5, 5.41) is 0. The van der Waals surface area contributed by atoms with Gasteiger partial charge in [-0.1, -0.05) is 0 Å². The van der Waals surface area contributed by atoms with Gasteiger partial charge in [-0.3, -0.25) is 9.59 Å². The average molecular weight is 254 g/mol. The molecule has 0 aromatic heterocycles. The van der Waals surface area contributed by atoms with Crippen molar-refractivity contribution in [2.24, 2.45) is 11.7 Å². The summed E-state index contributed by atoms with van der Waals surface area (Å²) in [7, 11) is 1.23. The highest BCUT2D eigenvalue weighted by Crippen LogP contribution is 2.13. The van der Waals surface area contributed by atoms with Crippen molar-refractivity contribution < 1.29 is 19.1 Å². The lowest BCUT2D eigenvalue weighted by Crippen LogP contribution is -2.43. The number of hydrogen-bond donors (Lipinski definition) is 1. The smallest absolute Gasteiger partial charge is 0.323 e. The van der Waals surface area contributed by atoms with E-state index in [-0.39, 0.29) is 12.4 Å². The molecule has 0 spiro atoms. The van der Waals surface area contributed by atoms with Crippen LogP contribution in [-0.2, 0) is 19.1 Å². The molecule has 0 bridgehead atoms. The zero-order valence-electron chi connectivity index (χ0n) is 10.3. The highest BCUT2D eigenvalue weighted by Gasteiger charge is 2.31. The molecule has 0 heterocycles. The highest BCUT2D eigenvalue weighted by molar-refractivity contribution is 5.85. The summed E-state index contributed by atoms with van der Waals surface area (Å²) in [6.45, 7) is 6.79. The van der Waals surface area contributed by atoms with Gasteiger partial charge >= 0.3 is 11.9 Å². The summed E-state index contributed by atoms with van der Waals surface area (Å²) in [4.78, 5) is 22.6. The van der Waals surface area contributed by atoms with E-state index in [9.17, 15) is 9.59 Å². The Morgan fingerprint density at radius 3 is 1.94 bits per heavy atom. The first-order valence-electron chi connectivity index (χ1n) is 4.75. The summed E-state index contributed by atoms with van der Waals surface area (Å²) < 4.78 is 9.53. The Morgan fingerprint density at radius 1 is 1.19 bits per heavy atom. The first kappa shape index (κ1) is 17.6. The van der Waals surface area contributed by atoms with Crippen molar-refractivity contribution in [3.63, 3.8) is 0 Å². The minimum absolute atomic E-state index is 0. The molecule has 0 saturated heterocycles. The van der Waals surface area contributed by atoms with E-state index < -0.39 is 29.5 Å². The summed E-state index contributed by atoms with van der Waals surface area (Å²) in [5.74, 6) is -1.83. The quantitative estimate of drug-likeness (QED) is 0.756. The number of carbonyl (C=O) groups is 2. The van der Waals surface area contributed by atoms with Gasteiger partial charge in [-0.25, -0.2) is 0 Å². The van der Waals surface area contributed by atoms with E-state index in [0.29, 0.717) is 0 Å². The molecule has 0 radical (unpaired) electrons. The maximum Gasteiger partial charge on any atom is 0.323 e. The molecule has 2 N–H and O–H groups in total. The van der Waals surface area contributed by atoms with Gasteiger partial charge in [0.1, 0.15) is 11.6 Å². The van der Waals surface area contributed by atoms with E-state index in [4.69, 9.17) is 10.5 Å². The van der Waals surface area contributed by atoms with Crippen molar-refractivity contribution in [3.8, 4) is 0 Å². The Labute approximate surface area is 102 Å². The van der Waals surface area contributed by atoms with Gasteiger partial charge in [-0.2, -0.15) is 0 Å². The fraction of sp³-hybridized carbons (Fsp3) is 0.800. The Balaban J connectivity index is 0. The summed E-state index contributed by atoms with van der Waals surface area (Å²) in [6.07, 6.45) is 0. The molecule has 0 rings (SSSR count). The number of ether oxygens (including phenoxy) is 2. The van der Waals surface area contributed by atoms with Gasteiger partial charge < -0.3 is 15.2 Å². The molecule has 0 unspecified atom stereocenters. The Kier molecular flexibility index (Phi) is 7.37. The molecule has 0 fully saturated rings. The minimum atomic E-state index is -0.982. The van der Waals surface area contributed by atoms with Crippen LogP contribution in [0, 0.1) is 5.92 Å². The van der Waals surface area contributed by atoms with Gasteiger partial charge in [0.15, 0.2) is 0 Å². The first-order valence-corrected chi connectivity index (χ1v) is 4.75. The van der Waals surface area contributed by atoms with Crippen LogP contribution in [0.3, 0.4) is 0 Å². The molecule has 0 aromatic rings. The van der Waals surface area contributed by atoms with Crippen LogP contribution in [0.4, 0.5) is 0 Å². The van der Waals surface area contributed by atoms with Gasteiger partial charge in [0.25, 0.3) is 0 Å². The van der Waals surface area contributed by atoms with Crippen LogP contribution < -0.4 is 5.73 Å². The van der Waals surface area contributed by atoms with Crippen LogP contribution in [0.15, 0.2) is 0 Å². The normalized spacial score (nSPS) is 14.4. The maximum absolute atomic E-state index is 11.5. The molecular formula is C10H20ClNO4. The fourth-order valence-corrected chi connectivity index (χ4v) is 0.882. The van der Waals surface area contributed by atoms with Gasteiger partial charge in [0.2, 0.25) is 0 Å². The second kappa shape index (κ2) is 6.70. The lowest BCUT2D eigenvalue weighted by Gasteiger charge is -2.24. The van der Waals surface area contributed by atoms with Crippen LogP contribution in [0.25, 0.3) is 0 Å². The number of hydrogen-bond acceptors (Lipinski definition) is 5. The van der Waals surface area contributed by atoms with Crippen molar-refractivity contribution in [2.75, 3.05) is 7.11 Å². The van der Waals surface area contributed by atoms with E-state index >= 15 is 0 Å². The SMILES string of the molecule is COC(=O)[C@@H](N)[C@@H](C)C(=O)OC(C)(C)C.Cl. The van der Waals surface area contributed by atoms with E-state index in [0.717, 1.165) is 0 Å². The van der Waals surface area contributed by atoms with Crippen molar-refractivity contribution >= 4 is 24.3 Å². The van der Waals surface area contributed by atoms with Gasteiger partial charge in [0.05, 0.1) is 13.0 Å². The third-order valence-corrected chi connectivity index (χ3v) is 1.79. The highest BCUT2D eigenvalue weighted by atomic mass is 35.5. The van der Waals surface area contributed by atoms with Gasteiger partial charge in [0, 0.05) is 0 Å². The average Bonchev–Trinajstić information content (AvgIpc) is 2.11. The Hall–Kier alpha value is -0.810. The topological polar surface area (TPSA) is 78.6 Å². The van der Waals surface area contributed by atoms with Crippen LogP contribution in [-0.4, -0.2) is 30.7 Å². The molecular weight excluding hydrogens is 234 g/mol. The molecule has 96 valence electrons. The van der Waals surface area contributed by atoms with Crippen molar-refractivity contribution in [1.82, 2.24) is 0 Å². The Morgan fingerprint density at radius 2 is 1.62 bits per heavy atom. The predicted molar refractivity (Wildman–Crippen MR) is 62.2 cm³/mol. The third kappa shape index (κ3) is 5.92. The lowest BCUT2D eigenvalue weighted by atomic mass is 10.0. The predicted octanol–water partition coefficient (Wildman–Crippen LogP) is 0.886. The van der Waals surface area contributed by atoms with Crippen molar-refractivity contribution in [2.45, 2.75) is 39.3 Å².